The second kappa shape index (κ2) is 2.38. The van der Waals surface area contributed by atoms with Gasteiger partial charge in [0.25, 0.3) is 0 Å². The number of rotatable bonds is 0. The van der Waals surface area contributed by atoms with E-state index >= 15 is 0 Å². The predicted molar refractivity (Wildman–Crippen MR) is 50.3 cm³/mol. The normalized spacial score (nSPS) is 10.8. The molecule has 1 heterocycles. The SMILES string of the molecule is Cc1ccc(Cl)c2[nH]nc(N)c12. The first-order valence-corrected chi connectivity index (χ1v) is 3.96. The van der Waals surface area contributed by atoms with Crippen molar-refractivity contribution in [1.82, 2.24) is 10.2 Å². The molecule has 1 aromatic carbocycles. The minimum atomic E-state index is 0.505. The lowest BCUT2D eigenvalue weighted by Crippen LogP contribution is -1.85. The van der Waals surface area contributed by atoms with Crippen molar-refractivity contribution in [2.75, 3.05) is 5.73 Å². The maximum Gasteiger partial charge on any atom is 0.153 e. The van der Waals surface area contributed by atoms with Gasteiger partial charge in [-0.1, -0.05) is 17.7 Å². The third-order valence-electron chi connectivity index (χ3n) is 1.91. The summed E-state index contributed by atoms with van der Waals surface area (Å²) in [5.41, 5.74) is 7.54. The predicted octanol–water partition coefficient (Wildman–Crippen LogP) is 2.11. The van der Waals surface area contributed by atoms with Crippen molar-refractivity contribution in [3.05, 3.63) is 22.7 Å². The van der Waals surface area contributed by atoms with E-state index in [4.69, 9.17) is 17.3 Å². The highest BCUT2D eigenvalue weighted by atomic mass is 35.5. The van der Waals surface area contributed by atoms with Gasteiger partial charge in [-0.3, -0.25) is 5.10 Å². The average Bonchev–Trinajstić information content (AvgIpc) is 2.42. The molecule has 0 saturated heterocycles. The van der Waals surface area contributed by atoms with Gasteiger partial charge < -0.3 is 5.73 Å². The van der Waals surface area contributed by atoms with Crippen LogP contribution in [0.1, 0.15) is 5.56 Å². The van der Waals surface area contributed by atoms with Crippen molar-refractivity contribution < 1.29 is 0 Å². The molecule has 0 spiro atoms. The zero-order valence-corrected chi connectivity index (χ0v) is 7.31. The number of nitrogens with zero attached hydrogens (tertiary/aromatic N) is 1. The van der Waals surface area contributed by atoms with E-state index in [-0.39, 0.29) is 0 Å². The van der Waals surface area contributed by atoms with Crippen LogP contribution in [0.25, 0.3) is 10.9 Å². The van der Waals surface area contributed by atoms with Crippen LogP contribution in [0.15, 0.2) is 12.1 Å². The zero-order chi connectivity index (χ0) is 8.72. The van der Waals surface area contributed by atoms with Crippen LogP contribution in [0.4, 0.5) is 5.82 Å². The number of anilines is 1. The summed E-state index contributed by atoms with van der Waals surface area (Å²) in [5, 5.41) is 8.25. The molecule has 0 bridgehead atoms. The molecule has 0 atom stereocenters. The molecule has 0 saturated carbocycles. The second-order valence-corrected chi connectivity index (χ2v) is 3.13. The molecule has 0 fully saturated rings. The van der Waals surface area contributed by atoms with E-state index in [0.29, 0.717) is 10.8 Å². The first-order valence-electron chi connectivity index (χ1n) is 3.59. The number of aryl methyl sites for hydroxylation is 1. The molecule has 0 radical (unpaired) electrons. The molecule has 2 aromatic rings. The van der Waals surface area contributed by atoms with Gasteiger partial charge in [-0.05, 0) is 18.6 Å². The standard InChI is InChI=1S/C8H8ClN3/c1-4-2-3-5(9)7-6(4)8(10)12-11-7/h2-3H,1H3,(H3,10,11,12). The quantitative estimate of drug-likeness (QED) is 0.654. The topological polar surface area (TPSA) is 54.7 Å². The Morgan fingerprint density at radius 1 is 1.50 bits per heavy atom. The summed E-state index contributed by atoms with van der Waals surface area (Å²) in [6.45, 7) is 1.98. The smallest absolute Gasteiger partial charge is 0.153 e. The van der Waals surface area contributed by atoms with Crippen LogP contribution in [0.3, 0.4) is 0 Å². The minimum absolute atomic E-state index is 0.505. The molecular formula is C8H8ClN3. The zero-order valence-electron chi connectivity index (χ0n) is 6.56. The van der Waals surface area contributed by atoms with Gasteiger partial charge in [-0.15, -0.1) is 0 Å². The Labute approximate surface area is 74.5 Å². The van der Waals surface area contributed by atoms with Crippen molar-refractivity contribution >= 4 is 28.3 Å². The Morgan fingerprint density at radius 2 is 2.25 bits per heavy atom. The Bertz CT molecular complexity index is 433. The molecular weight excluding hydrogens is 174 g/mol. The van der Waals surface area contributed by atoms with E-state index in [1.165, 1.54) is 0 Å². The number of fused-ring (bicyclic) bond motifs is 1. The van der Waals surface area contributed by atoms with Crippen molar-refractivity contribution in [2.45, 2.75) is 6.92 Å². The maximum atomic E-state index is 5.92. The fraction of sp³-hybridized carbons (Fsp3) is 0.125. The summed E-state index contributed by atoms with van der Waals surface area (Å²) in [4.78, 5) is 0. The molecule has 3 N–H and O–H groups in total. The number of nitrogen functional groups attached to an aromatic ring is 1. The summed E-state index contributed by atoms with van der Waals surface area (Å²) in [6, 6.07) is 3.76. The number of H-pyrrole nitrogens is 1. The molecule has 4 heteroatoms. The van der Waals surface area contributed by atoms with Crippen LogP contribution in [-0.2, 0) is 0 Å². The van der Waals surface area contributed by atoms with Gasteiger partial charge in [-0.2, -0.15) is 5.10 Å². The number of aromatic nitrogens is 2. The largest absolute Gasteiger partial charge is 0.382 e. The van der Waals surface area contributed by atoms with Crippen LogP contribution in [0.2, 0.25) is 5.02 Å². The third-order valence-corrected chi connectivity index (χ3v) is 2.22. The maximum absolute atomic E-state index is 5.92. The molecule has 62 valence electrons. The summed E-state index contributed by atoms with van der Waals surface area (Å²) in [7, 11) is 0. The molecule has 0 aliphatic heterocycles. The van der Waals surface area contributed by atoms with E-state index in [2.05, 4.69) is 10.2 Å². The molecule has 0 unspecified atom stereocenters. The van der Waals surface area contributed by atoms with Gasteiger partial charge in [0.1, 0.15) is 0 Å². The summed E-state index contributed by atoms with van der Waals surface area (Å²) < 4.78 is 0. The molecule has 1 aromatic heterocycles. The van der Waals surface area contributed by atoms with Crippen molar-refractivity contribution in [1.29, 1.82) is 0 Å². The van der Waals surface area contributed by atoms with E-state index in [9.17, 15) is 0 Å². The summed E-state index contributed by atoms with van der Waals surface area (Å²) in [6.07, 6.45) is 0. The highest BCUT2D eigenvalue weighted by Gasteiger charge is 2.07. The van der Waals surface area contributed by atoms with E-state index in [1.54, 1.807) is 0 Å². The monoisotopic (exact) mass is 181 g/mol. The fourth-order valence-corrected chi connectivity index (χ4v) is 1.49. The first kappa shape index (κ1) is 7.43. The first-order chi connectivity index (χ1) is 5.70. The number of benzene rings is 1. The van der Waals surface area contributed by atoms with Crippen molar-refractivity contribution in [3.8, 4) is 0 Å². The van der Waals surface area contributed by atoms with E-state index < -0.39 is 0 Å². The Morgan fingerprint density at radius 3 is 2.92 bits per heavy atom. The highest BCUT2D eigenvalue weighted by molar-refractivity contribution is 6.35. The van der Waals surface area contributed by atoms with Gasteiger partial charge >= 0.3 is 0 Å². The Hall–Kier alpha value is -1.22. The lowest BCUT2D eigenvalue weighted by atomic mass is 10.1. The van der Waals surface area contributed by atoms with Gasteiger partial charge in [0.05, 0.1) is 10.5 Å². The van der Waals surface area contributed by atoms with Gasteiger partial charge in [0, 0.05) is 5.39 Å². The molecule has 0 aliphatic rings. The van der Waals surface area contributed by atoms with Gasteiger partial charge in [0.2, 0.25) is 0 Å². The highest BCUT2D eigenvalue weighted by Crippen LogP contribution is 2.27. The number of hydrogen-bond acceptors (Lipinski definition) is 2. The van der Waals surface area contributed by atoms with Crippen LogP contribution < -0.4 is 5.73 Å². The molecule has 2 rings (SSSR count). The molecule has 0 aliphatic carbocycles. The minimum Gasteiger partial charge on any atom is -0.382 e. The van der Waals surface area contributed by atoms with Crippen molar-refractivity contribution in [2.24, 2.45) is 0 Å². The lowest BCUT2D eigenvalue weighted by molar-refractivity contribution is 1.13. The van der Waals surface area contributed by atoms with Gasteiger partial charge in [0.15, 0.2) is 5.82 Å². The number of halogens is 1. The number of hydrogen-bond donors (Lipinski definition) is 2. The van der Waals surface area contributed by atoms with E-state index in [1.807, 2.05) is 19.1 Å². The summed E-state index contributed by atoms with van der Waals surface area (Å²) in [5.74, 6) is 0.505. The van der Waals surface area contributed by atoms with Gasteiger partial charge in [-0.25, -0.2) is 0 Å². The summed E-state index contributed by atoms with van der Waals surface area (Å²) >= 11 is 5.92. The number of nitrogens with two attached hydrogens (primary N) is 1. The Kier molecular flexibility index (Phi) is 1.48. The molecule has 12 heavy (non-hydrogen) atoms. The van der Waals surface area contributed by atoms with Crippen LogP contribution >= 0.6 is 11.6 Å². The second-order valence-electron chi connectivity index (χ2n) is 2.72. The van der Waals surface area contributed by atoms with Crippen molar-refractivity contribution in [3.63, 3.8) is 0 Å². The van der Waals surface area contributed by atoms with Crippen LogP contribution in [0.5, 0.6) is 0 Å². The fourth-order valence-electron chi connectivity index (χ4n) is 1.29. The van der Waals surface area contributed by atoms with E-state index in [0.717, 1.165) is 16.5 Å². The van der Waals surface area contributed by atoms with Crippen LogP contribution in [0, 0.1) is 6.92 Å². The Balaban J connectivity index is 2.98. The lowest BCUT2D eigenvalue weighted by Gasteiger charge is -1.96. The molecule has 0 amide bonds. The number of aromatic amines is 1. The number of nitrogens with one attached hydrogen (secondary N) is 1. The average molecular weight is 182 g/mol. The van der Waals surface area contributed by atoms with Crippen LogP contribution in [-0.4, -0.2) is 10.2 Å². The molecule has 3 nitrogen and oxygen atoms in total. The third kappa shape index (κ3) is 0.865.